The molecule has 2 aromatic carbocycles. The molecule has 3 nitrogen and oxygen atoms in total. The molecule has 25 heavy (non-hydrogen) atoms. The van der Waals surface area contributed by atoms with E-state index in [2.05, 4.69) is 49.5 Å². The van der Waals surface area contributed by atoms with Crippen molar-refractivity contribution in [3.8, 4) is 6.07 Å². The predicted octanol–water partition coefficient (Wildman–Crippen LogP) is 4.69. The highest BCUT2D eigenvalue weighted by Crippen LogP contribution is 2.36. The summed E-state index contributed by atoms with van der Waals surface area (Å²) in [6.07, 6.45) is -0.0828. The van der Waals surface area contributed by atoms with Crippen molar-refractivity contribution in [1.29, 1.82) is 5.26 Å². The molecule has 0 saturated carbocycles. The van der Waals surface area contributed by atoms with Crippen molar-refractivity contribution in [2.24, 2.45) is 5.41 Å². The topological polar surface area (TPSA) is 45.0 Å². The van der Waals surface area contributed by atoms with Gasteiger partial charge in [-0.05, 0) is 25.0 Å². The van der Waals surface area contributed by atoms with Gasteiger partial charge in [0, 0.05) is 12.0 Å². The average Bonchev–Trinajstić information content (AvgIpc) is 2.65. The van der Waals surface area contributed by atoms with E-state index in [0.29, 0.717) is 13.2 Å². The first kappa shape index (κ1) is 19.2. The van der Waals surface area contributed by atoms with Gasteiger partial charge in [0.25, 0.3) is 0 Å². The van der Waals surface area contributed by atoms with E-state index in [1.807, 2.05) is 50.2 Å². The molecule has 0 heterocycles. The normalized spacial score (nSPS) is 15.2. The van der Waals surface area contributed by atoms with Crippen LogP contribution >= 0.6 is 0 Å². The second-order valence-corrected chi connectivity index (χ2v) is 7.24. The molecule has 0 unspecified atom stereocenters. The molecule has 0 aliphatic rings. The van der Waals surface area contributed by atoms with Crippen molar-refractivity contribution in [2.45, 2.75) is 52.5 Å². The number of hydrogen-bond donors (Lipinski definition) is 1. The molecule has 0 aliphatic heterocycles. The third-order valence-electron chi connectivity index (χ3n) is 5.36. The summed E-state index contributed by atoms with van der Waals surface area (Å²) in [5.41, 5.74) is 1.23. The molecule has 0 bridgehead atoms. The molecule has 0 fully saturated rings. The average molecular weight is 336 g/mol. The number of nitrogens with zero attached hydrogens (tertiary/aromatic N) is 1. The van der Waals surface area contributed by atoms with E-state index in [9.17, 15) is 5.26 Å². The van der Waals surface area contributed by atoms with Crippen LogP contribution in [0, 0.1) is 16.7 Å². The summed E-state index contributed by atoms with van der Waals surface area (Å²) in [5.74, 6) is 0. The van der Waals surface area contributed by atoms with Crippen LogP contribution in [0.15, 0.2) is 60.7 Å². The third-order valence-corrected chi connectivity index (χ3v) is 5.36. The Morgan fingerprint density at radius 1 is 0.960 bits per heavy atom. The Bertz CT molecular complexity index is 691. The van der Waals surface area contributed by atoms with E-state index >= 15 is 0 Å². The van der Waals surface area contributed by atoms with Gasteiger partial charge in [0.1, 0.15) is 5.54 Å². The van der Waals surface area contributed by atoms with Crippen molar-refractivity contribution in [2.75, 3.05) is 0 Å². The fourth-order valence-electron chi connectivity index (χ4n) is 2.70. The van der Waals surface area contributed by atoms with E-state index in [0.717, 1.165) is 11.1 Å². The standard InChI is InChI=1S/C22H28N2O/c1-18(25-16-20-13-9-6-10-14-20)21(2,3)22(4,17-23)24-15-19-11-7-5-8-12-19/h5-14,18,24H,15-16H2,1-4H3/t18-,22+/m1/s1. The quantitative estimate of drug-likeness (QED) is 0.760. The molecule has 0 aromatic heterocycles. The molecule has 1 N–H and O–H groups in total. The van der Waals surface area contributed by atoms with Crippen LogP contribution in [0.1, 0.15) is 38.8 Å². The zero-order valence-corrected chi connectivity index (χ0v) is 15.6. The molecular weight excluding hydrogens is 308 g/mol. The summed E-state index contributed by atoms with van der Waals surface area (Å²) in [6, 6.07) is 22.7. The maximum Gasteiger partial charge on any atom is 0.111 e. The molecule has 2 atom stereocenters. The van der Waals surface area contributed by atoms with Gasteiger partial charge in [0.15, 0.2) is 0 Å². The Labute approximate surface area is 151 Å². The van der Waals surface area contributed by atoms with E-state index < -0.39 is 5.54 Å². The van der Waals surface area contributed by atoms with Crippen LogP contribution in [0.25, 0.3) is 0 Å². The van der Waals surface area contributed by atoms with Crippen LogP contribution in [-0.2, 0) is 17.9 Å². The maximum atomic E-state index is 9.87. The van der Waals surface area contributed by atoms with Crippen LogP contribution in [0.3, 0.4) is 0 Å². The first-order valence-corrected chi connectivity index (χ1v) is 8.75. The van der Waals surface area contributed by atoms with Gasteiger partial charge in [-0.3, -0.25) is 5.32 Å². The van der Waals surface area contributed by atoms with Crippen LogP contribution < -0.4 is 5.32 Å². The van der Waals surface area contributed by atoms with Crippen LogP contribution in [0.2, 0.25) is 0 Å². The fraction of sp³-hybridized carbons (Fsp3) is 0.409. The Morgan fingerprint density at radius 3 is 2.00 bits per heavy atom. The Kier molecular flexibility index (Phi) is 6.36. The summed E-state index contributed by atoms with van der Waals surface area (Å²) in [4.78, 5) is 0. The van der Waals surface area contributed by atoms with E-state index in [4.69, 9.17) is 4.74 Å². The van der Waals surface area contributed by atoms with Gasteiger partial charge in [-0.25, -0.2) is 0 Å². The first-order chi connectivity index (χ1) is 11.9. The Balaban J connectivity index is 2.03. The number of nitrogens with one attached hydrogen (secondary N) is 1. The van der Waals surface area contributed by atoms with E-state index in [1.165, 1.54) is 0 Å². The monoisotopic (exact) mass is 336 g/mol. The molecule has 0 radical (unpaired) electrons. The van der Waals surface area contributed by atoms with Crippen LogP contribution in [0.5, 0.6) is 0 Å². The highest BCUT2D eigenvalue weighted by atomic mass is 16.5. The number of rotatable bonds is 8. The summed E-state index contributed by atoms with van der Waals surface area (Å²) < 4.78 is 6.10. The third kappa shape index (κ3) is 4.69. The fourth-order valence-corrected chi connectivity index (χ4v) is 2.70. The molecule has 0 spiro atoms. The van der Waals surface area contributed by atoms with Gasteiger partial charge in [0.05, 0.1) is 18.8 Å². The van der Waals surface area contributed by atoms with Gasteiger partial charge in [-0.1, -0.05) is 74.5 Å². The van der Waals surface area contributed by atoms with Crippen LogP contribution in [0.4, 0.5) is 0 Å². The van der Waals surface area contributed by atoms with E-state index in [1.54, 1.807) is 0 Å². The minimum absolute atomic E-state index is 0.0828. The Hall–Kier alpha value is -2.15. The first-order valence-electron chi connectivity index (χ1n) is 8.75. The summed E-state index contributed by atoms with van der Waals surface area (Å²) in [6.45, 7) is 9.38. The second-order valence-electron chi connectivity index (χ2n) is 7.24. The molecule has 3 heteroatoms. The van der Waals surface area contributed by atoms with Gasteiger partial charge < -0.3 is 4.74 Å². The second kappa shape index (κ2) is 8.29. The zero-order chi connectivity index (χ0) is 18.3. The molecule has 0 amide bonds. The largest absolute Gasteiger partial charge is 0.373 e. The zero-order valence-electron chi connectivity index (χ0n) is 15.6. The number of hydrogen-bond acceptors (Lipinski definition) is 3. The minimum atomic E-state index is -0.709. The molecule has 2 rings (SSSR count). The lowest BCUT2D eigenvalue weighted by Gasteiger charge is -2.43. The van der Waals surface area contributed by atoms with Crippen molar-refractivity contribution >= 4 is 0 Å². The molecule has 0 aliphatic carbocycles. The predicted molar refractivity (Wildman–Crippen MR) is 102 cm³/mol. The lowest BCUT2D eigenvalue weighted by atomic mass is 9.70. The van der Waals surface area contributed by atoms with Gasteiger partial charge in [-0.15, -0.1) is 0 Å². The summed E-state index contributed by atoms with van der Waals surface area (Å²) >= 11 is 0. The summed E-state index contributed by atoms with van der Waals surface area (Å²) in [7, 11) is 0. The smallest absolute Gasteiger partial charge is 0.111 e. The maximum absolute atomic E-state index is 9.87. The SMILES string of the molecule is C[C@@H](OCc1ccccc1)C(C)(C)[C@](C)(C#N)NCc1ccccc1. The highest BCUT2D eigenvalue weighted by molar-refractivity contribution is 5.19. The Morgan fingerprint density at radius 2 is 1.48 bits per heavy atom. The van der Waals surface area contributed by atoms with Gasteiger partial charge in [-0.2, -0.15) is 5.26 Å². The number of ether oxygens (including phenoxy) is 1. The van der Waals surface area contributed by atoms with Crippen molar-refractivity contribution in [3.63, 3.8) is 0 Å². The minimum Gasteiger partial charge on any atom is -0.373 e. The van der Waals surface area contributed by atoms with Gasteiger partial charge in [0.2, 0.25) is 0 Å². The summed E-state index contributed by atoms with van der Waals surface area (Å²) in [5, 5.41) is 13.3. The van der Waals surface area contributed by atoms with Crippen molar-refractivity contribution < 1.29 is 4.74 Å². The number of benzene rings is 2. The molecule has 132 valence electrons. The van der Waals surface area contributed by atoms with Gasteiger partial charge >= 0.3 is 0 Å². The molecule has 0 saturated heterocycles. The van der Waals surface area contributed by atoms with Crippen molar-refractivity contribution in [3.05, 3.63) is 71.8 Å². The number of nitriles is 1. The molecule has 2 aromatic rings. The highest BCUT2D eigenvalue weighted by Gasteiger charge is 2.45. The lowest BCUT2D eigenvalue weighted by Crippen LogP contribution is -2.57. The van der Waals surface area contributed by atoms with Crippen LogP contribution in [-0.4, -0.2) is 11.6 Å². The van der Waals surface area contributed by atoms with E-state index in [-0.39, 0.29) is 11.5 Å². The molecular formula is C22H28N2O. The lowest BCUT2D eigenvalue weighted by molar-refractivity contribution is -0.0520. The van der Waals surface area contributed by atoms with Crippen molar-refractivity contribution in [1.82, 2.24) is 5.32 Å².